The first-order chi connectivity index (χ1) is 12.5. The van der Waals surface area contributed by atoms with E-state index in [1.54, 1.807) is 0 Å². The van der Waals surface area contributed by atoms with Gasteiger partial charge in [0.1, 0.15) is 0 Å². The molecular weight excluding hydrogens is 406 g/mol. The minimum atomic E-state index is 0.151. The average molecular weight is 432 g/mol. The summed E-state index contributed by atoms with van der Waals surface area (Å²) in [6.07, 6.45) is 2.57. The Bertz CT molecular complexity index is 739. The van der Waals surface area contributed by atoms with E-state index < -0.39 is 0 Å². The molecule has 26 heavy (non-hydrogen) atoms. The molecule has 138 valence electrons. The van der Waals surface area contributed by atoms with Crippen molar-refractivity contribution in [1.82, 2.24) is 5.32 Å². The van der Waals surface area contributed by atoms with Crippen molar-refractivity contribution in [2.45, 2.75) is 32.7 Å². The maximum absolute atomic E-state index is 5.45. The van der Waals surface area contributed by atoms with Gasteiger partial charge in [0.15, 0.2) is 5.11 Å². The van der Waals surface area contributed by atoms with E-state index in [4.69, 9.17) is 12.2 Å². The van der Waals surface area contributed by atoms with Crippen molar-refractivity contribution in [3.8, 4) is 0 Å². The van der Waals surface area contributed by atoms with Crippen LogP contribution in [0.1, 0.15) is 38.3 Å². The number of halogens is 1. The minimum Gasteiger partial charge on any atom is -0.372 e. The van der Waals surface area contributed by atoms with Gasteiger partial charge in [0.2, 0.25) is 0 Å². The molecular formula is C21H26BrN3S. The standard InChI is InChI=1S/C21H26BrN3S/c1-15-10-12-25(13-11-15)20-8-6-17(7-9-20)16(2)23-21(26)24-19-5-3-4-18(22)14-19/h3-9,14-16H,10-13H2,1-2H3,(H2,23,24,26)/t16-/m1/s1. The van der Waals surface area contributed by atoms with Gasteiger partial charge in [-0.05, 0) is 73.8 Å². The second-order valence-corrected chi connectivity index (χ2v) is 8.42. The summed E-state index contributed by atoms with van der Waals surface area (Å²) in [4.78, 5) is 2.49. The zero-order valence-corrected chi connectivity index (χ0v) is 17.7. The van der Waals surface area contributed by atoms with Crippen LogP contribution in [0.3, 0.4) is 0 Å². The number of hydrogen-bond acceptors (Lipinski definition) is 2. The number of rotatable bonds is 4. The first-order valence-corrected chi connectivity index (χ1v) is 10.4. The van der Waals surface area contributed by atoms with Crippen LogP contribution in [0.2, 0.25) is 0 Å². The first-order valence-electron chi connectivity index (χ1n) is 9.19. The molecule has 1 saturated heterocycles. The topological polar surface area (TPSA) is 27.3 Å². The molecule has 2 aromatic rings. The number of hydrogen-bond donors (Lipinski definition) is 2. The Morgan fingerprint density at radius 3 is 2.50 bits per heavy atom. The second kappa shape index (κ2) is 8.87. The Kier molecular flexibility index (Phi) is 6.54. The van der Waals surface area contributed by atoms with Crippen LogP contribution in [-0.2, 0) is 0 Å². The van der Waals surface area contributed by atoms with Crippen LogP contribution >= 0.6 is 28.1 Å². The highest BCUT2D eigenvalue weighted by Gasteiger charge is 2.16. The van der Waals surface area contributed by atoms with Crippen molar-refractivity contribution in [1.29, 1.82) is 0 Å². The Hall–Kier alpha value is -1.59. The van der Waals surface area contributed by atoms with Crippen molar-refractivity contribution in [3.05, 3.63) is 58.6 Å². The lowest BCUT2D eigenvalue weighted by Gasteiger charge is -2.32. The molecule has 1 fully saturated rings. The number of anilines is 2. The monoisotopic (exact) mass is 431 g/mol. The van der Waals surface area contributed by atoms with E-state index in [1.807, 2.05) is 24.3 Å². The molecule has 0 radical (unpaired) electrons. The lowest BCUT2D eigenvalue weighted by atomic mass is 9.98. The average Bonchev–Trinajstić information content (AvgIpc) is 2.62. The summed E-state index contributed by atoms with van der Waals surface area (Å²) in [5.41, 5.74) is 3.53. The van der Waals surface area contributed by atoms with E-state index in [9.17, 15) is 0 Å². The quantitative estimate of drug-likeness (QED) is 0.603. The van der Waals surface area contributed by atoms with Gasteiger partial charge in [-0.3, -0.25) is 0 Å². The molecule has 2 aromatic carbocycles. The molecule has 0 bridgehead atoms. The lowest BCUT2D eigenvalue weighted by Crippen LogP contribution is -2.33. The summed E-state index contributed by atoms with van der Waals surface area (Å²) in [5, 5.41) is 7.22. The van der Waals surface area contributed by atoms with E-state index in [0.717, 1.165) is 29.2 Å². The van der Waals surface area contributed by atoms with Gasteiger partial charge in [0.25, 0.3) is 0 Å². The van der Waals surface area contributed by atoms with Crippen molar-refractivity contribution < 1.29 is 0 Å². The van der Waals surface area contributed by atoms with Crippen molar-refractivity contribution >= 4 is 44.6 Å². The highest BCUT2D eigenvalue weighted by atomic mass is 79.9. The SMILES string of the molecule is CC1CCN(c2ccc([C@@H](C)NC(=S)Nc3cccc(Br)c3)cc2)CC1. The molecule has 0 amide bonds. The Morgan fingerprint density at radius 1 is 1.15 bits per heavy atom. The number of thiocarbonyl (C=S) groups is 1. The van der Waals surface area contributed by atoms with Gasteiger partial charge in [0, 0.05) is 28.9 Å². The molecule has 0 saturated carbocycles. The summed E-state index contributed by atoms with van der Waals surface area (Å²) >= 11 is 8.92. The van der Waals surface area contributed by atoms with E-state index >= 15 is 0 Å². The van der Waals surface area contributed by atoms with Gasteiger partial charge in [0.05, 0.1) is 6.04 Å². The summed E-state index contributed by atoms with van der Waals surface area (Å²) < 4.78 is 1.03. The molecule has 1 aliphatic rings. The van der Waals surface area contributed by atoms with Crippen molar-refractivity contribution in [3.63, 3.8) is 0 Å². The molecule has 1 atom stereocenters. The number of piperidine rings is 1. The van der Waals surface area contributed by atoms with Gasteiger partial charge in [-0.1, -0.05) is 41.1 Å². The fraction of sp³-hybridized carbons (Fsp3) is 0.381. The van der Waals surface area contributed by atoms with Crippen molar-refractivity contribution in [2.75, 3.05) is 23.3 Å². The number of benzene rings is 2. The maximum Gasteiger partial charge on any atom is 0.171 e. The molecule has 0 aliphatic carbocycles. The fourth-order valence-corrected chi connectivity index (χ4v) is 3.95. The van der Waals surface area contributed by atoms with Crippen LogP contribution in [0.15, 0.2) is 53.0 Å². The largest absolute Gasteiger partial charge is 0.372 e. The van der Waals surface area contributed by atoms with Crippen LogP contribution in [0.5, 0.6) is 0 Å². The smallest absolute Gasteiger partial charge is 0.171 e. The van der Waals surface area contributed by atoms with E-state index in [-0.39, 0.29) is 6.04 Å². The van der Waals surface area contributed by atoms with Crippen molar-refractivity contribution in [2.24, 2.45) is 5.92 Å². The Morgan fingerprint density at radius 2 is 1.85 bits per heavy atom. The van der Waals surface area contributed by atoms with E-state index in [2.05, 4.69) is 69.6 Å². The zero-order valence-electron chi connectivity index (χ0n) is 15.3. The maximum atomic E-state index is 5.45. The second-order valence-electron chi connectivity index (χ2n) is 7.09. The molecule has 3 nitrogen and oxygen atoms in total. The van der Waals surface area contributed by atoms with Gasteiger partial charge in [-0.25, -0.2) is 0 Å². The first kappa shape index (κ1) is 19.2. The highest BCUT2D eigenvalue weighted by molar-refractivity contribution is 9.10. The van der Waals surface area contributed by atoms with E-state index in [0.29, 0.717) is 5.11 Å². The van der Waals surface area contributed by atoms with Gasteiger partial charge >= 0.3 is 0 Å². The number of nitrogens with zero attached hydrogens (tertiary/aromatic N) is 1. The Balaban J connectivity index is 1.56. The zero-order chi connectivity index (χ0) is 18.5. The van der Waals surface area contributed by atoms with Gasteiger partial charge in [-0.15, -0.1) is 0 Å². The van der Waals surface area contributed by atoms with Crippen LogP contribution in [-0.4, -0.2) is 18.2 Å². The highest BCUT2D eigenvalue weighted by Crippen LogP contribution is 2.24. The Labute approximate surface area is 170 Å². The molecule has 3 rings (SSSR count). The minimum absolute atomic E-state index is 0.151. The molecule has 2 N–H and O–H groups in total. The van der Waals surface area contributed by atoms with Crippen LogP contribution in [0, 0.1) is 5.92 Å². The van der Waals surface area contributed by atoms with Crippen LogP contribution in [0.4, 0.5) is 11.4 Å². The summed E-state index contributed by atoms with van der Waals surface area (Å²) in [5.74, 6) is 0.855. The molecule has 0 unspecified atom stereocenters. The van der Waals surface area contributed by atoms with E-state index in [1.165, 1.54) is 24.1 Å². The third-order valence-electron chi connectivity index (χ3n) is 4.97. The normalized spacial score (nSPS) is 16.2. The predicted octanol–water partition coefficient (Wildman–Crippen LogP) is 5.73. The third-order valence-corrected chi connectivity index (χ3v) is 5.69. The molecule has 1 heterocycles. The number of nitrogens with one attached hydrogen (secondary N) is 2. The summed E-state index contributed by atoms with van der Waals surface area (Å²) in [6.45, 7) is 6.80. The fourth-order valence-electron chi connectivity index (χ4n) is 3.25. The summed E-state index contributed by atoms with van der Waals surface area (Å²) in [7, 11) is 0. The summed E-state index contributed by atoms with van der Waals surface area (Å²) in [6, 6.07) is 17.0. The van der Waals surface area contributed by atoms with Gasteiger partial charge < -0.3 is 15.5 Å². The van der Waals surface area contributed by atoms with Gasteiger partial charge in [-0.2, -0.15) is 0 Å². The predicted molar refractivity (Wildman–Crippen MR) is 119 cm³/mol. The van der Waals surface area contributed by atoms with Crippen LogP contribution < -0.4 is 15.5 Å². The molecule has 1 aliphatic heterocycles. The molecule has 0 aromatic heterocycles. The third kappa shape index (κ3) is 5.21. The molecule has 5 heteroatoms. The van der Waals surface area contributed by atoms with Crippen LogP contribution in [0.25, 0.3) is 0 Å². The molecule has 0 spiro atoms. The lowest BCUT2D eigenvalue weighted by molar-refractivity contribution is 0.438.